The molecule has 1 aromatic rings. The minimum absolute atomic E-state index is 0.0574. The first-order valence-electron chi connectivity index (χ1n) is 6.04. The number of hydrogen-bond acceptors (Lipinski definition) is 2. The lowest BCUT2D eigenvalue weighted by Crippen LogP contribution is -2.43. The molecule has 2 atom stereocenters. The van der Waals surface area contributed by atoms with Crippen molar-refractivity contribution in [3.8, 4) is 0 Å². The van der Waals surface area contributed by atoms with E-state index < -0.39 is 12.1 Å². The first-order valence-corrected chi connectivity index (χ1v) is 6.04. The Hall–Kier alpha value is -1.23. The van der Waals surface area contributed by atoms with Crippen LogP contribution in [0.4, 0.5) is 18.9 Å². The summed E-state index contributed by atoms with van der Waals surface area (Å²) in [5.41, 5.74) is 7.28. The van der Waals surface area contributed by atoms with Gasteiger partial charge in [-0.05, 0) is 25.0 Å². The third-order valence-corrected chi connectivity index (χ3v) is 3.51. The van der Waals surface area contributed by atoms with Crippen LogP contribution in [0, 0.1) is 5.92 Å². The summed E-state index contributed by atoms with van der Waals surface area (Å²) in [6, 6.07) is 7.71. The van der Waals surface area contributed by atoms with Crippen molar-refractivity contribution in [2.75, 3.05) is 18.0 Å². The average Bonchev–Trinajstić information content (AvgIpc) is 2.60. The maximum Gasteiger partial charge on any atom is 0.394 e. The topological polar surface area (TPSA) is 29.3 Å². The summed E-state index contributed by atoms with van der Waals surface area (Å²) in [7, 11) is 0. The van der Waals surface area contributed by atoms with E-state index in [0.717, 1.165) is 17.7 Å². The lowest BCUT2D eigenvalue weighted by Gasteiger charge is -2.30. The molecule has 0 saturated heterocycles. The summed E-state index contributed by atoms with van der Waals surface area (Å²) in [6.07, 6.45) is -3.43. The summed E-state index contributed by atoms with van der Waals surface area (Å²) in [4.78, 5) is 1.82. The highest BCUT2D eigenvalue weighted by Gasteiger charge is 2.41. The van der Waals surface area contributed by atoms with Crippen LogP contribution in [0.15, 0.2) is 24.3 Å². The molecule has 0 aliphatic carbocycles. The van der Waals surface area contributed by atoms with Gasteiger partial charge < -0.3 is 10.6 Å². The molecule has 1 heterocycles. The summed E-state index contributed by atoms with van der Waals surface area (Å²) in [5.74, 6) is -1.47. The zero-order valence-electron chi connectivity index (χ0n) is 10.2. The maximum absolute atomic E-state index is 12.8. The van der Waals surface area contributed by atoms with E-state index in [1.54, 1.807) is 0 Å². The van der Waals surface area contributed by atoms with Crippen molar-refractivity contribution in [2.24, 2.45) is 11.7 Å². The van der Waals surface area contributed by atoms with E-state index >= 15 is 0 Å². The molecular weight excluding hydrogens is 241 g/mol. The number of para-hydroxylation sites is 1. The smallest absolute Gasteiger partial charge is 0.368 e. The van der Waals surface area contributed by atoms with Gasteiger partial charge in [-0.15, -0.1) is 0 Å². The molecule has 0 aromatic heterocycles. The number of nitrogens with two attached hydrogens (primary N) is 1. The minimum Gasteiger partial charge on any atom is -0.368 e. The number of nitrogens with zero attached hydrogens (tertiary/aromatic N) is 1. The minimum atomic E-state index is -4.23. The molecule has 2 unspecified atom stereocenters. The fraction of sp³-hybridized carbons (Fsp3) is 0.538. The fourth-order valence-electron chi connectivity index (χ4n) is 2.46. The lowest BCUT2D eigenvalue weighted by molar-refractivity contribution is -0.169. The van der Waals surface area contributed by atoms with Gasteiger partial charge in [0.25, 0.3) is 0 Å². The molecule has 2 nitrogen and oxygen atoms in total. The molecule has 1 aliphatic rings. The molecule has 2 rings (SSSR count). The van der Waals surface area contributed by atoms with Crippen molar-refractivity contribution in [1.29, 1.82) is 0 Å². The van der Waals surface area contributed by atoms with E-state index in [1.165, 1.54) is 0 Å². The van der Waals surface area contributed by atoms with Crippen molar-refractivity contribution >= 4 is 5.69 Å². The molecule has 0 bridgehead atoms. The number of benzene rings is 1. The van der Waals surface area contributed by atoms with Crippen LogP contribution >= 0.6 is 0 Å². The largest absolute Gasteiger partial charge is 0.394 e. The molecule has 5 heteroatoms. The number of halogens is 3. The normalized spacial score (nSPS) is 20.9. The van der Waals surface area contributed by atoms with E-state index in [2.05, 4.69) is 0 Å². The van der Waals surface area contributed by atoms with Gasteiger partial charge in [0.15, 0.2) is 0 Å². The molecule has 0 fully saturated rings. The number of hydrogen-bond donors (Lipinski definition) is 1. The van der Waals surface area contributed by atoms with Crippen molar-refractivity contribution in [3.05, 3.63) is 29.8 Å². The van der Waals surface area contributed by atoms with Crippen LogP contribution in [0.25, 0.3) is 0 Å². The third kappa shape index (κ3) is 2.46. The maximum atomic E-state index is 12.8. The Balaban J connectivity index is 2.19. The van der Waals surface area contributed by atoms with Crippen molar-refractivity contribution < 1.29 is 13.2 Å². The van der Waals surface area contributed by atoms with Crippen LogP contribution in [0.1, 0.15) is 12.5 Å². The second-order valence-corrected chi connectivity index (χ2v) is 4.81. The first kappa shape index (κ1) is 13.2. The lowest BCUT2D eigenvalue weighted by atomic mass is 10.1. The Bertz CT molecular complexity index is 417. The summed E-state index contributed by atoms with van der Waals surface area (Å²) < 4.78 is 38.3. The Morgan fingerprint density at radius 1 is 1.39 bits per heavy atom. The van der Waals surface area contributed by atoms with E-state index in [9.17, 15) is 13.2 Å². The van der Waals surface area contributed by atoms with Crippen LogP contribution in [-0.4, -0.2) is 25.3 Å². The zero-order chi connectivity index (χ0) is 13.3. The molecule has 0 spiro atoms. The zero-order valence-corrected chi connectivity index (χ0v) is 10.2. The quantitative estimate of drug-likeness (QED) is 0.903. The van der Waals surface area contributed by atoms with Gasteiger partial charge in [-0.25, -0.2) is 0 Å². The van der Waals surface area contributed by atoms with Gasteiger partial charge in [-0.3, -0.25) is 0 Å². The van der Waals surface area contributed by atoms with E-state index in [1.807, 2.05) is 36.1 Å². The highest BCUT2D eigenvalue weighted by Crippen LogP contribution is 2.35. The highest BCUT2D eigenvalue weighted by atomic mass is 19.4. The fourth-order valence-corrected chi connectivity index (χ4v) is 2.46. The molecule has 0 amide bonds. The van der Waals surface area contributed by atoms with Crippen LogP contribution in [-0.2, 0) is 6.42 Å². The Labute approximate surface area is 105 Å². The van der Waals surface area contributed by atoms with Gasteiger partial charge >= 0.3 is 6.18 Å². The van der Waals surface area contributed by atoms with Crippen LogP contribution in [0.3, 0.4) is 0 Å². The number of anilines is 1. The second-order valence-electron chi connectivity index (χ2n) is 4.81. The van der Waals surface area contributed by atoms with Crippen molar-refractivity contribution in [3.63, 3.8) is 0 Å². The Morgan fingerprint density at radius 3 is 2.67 bits per heavy atom. The van der Waals surface area contributed by atoms with Gasteiger partial charge in [0.1, 0.15) is 0 Å². The van der Waals surface area contributed by atoms with Crippen LogP contribution in [0.5, 0.6) is 0 Å². The summed E-state index contributed by atoms with van der Waals surface area (Å²) in [6.45, 7) is 1.52. The van der Waals surface area contributed by atoms with E-state index in [0.29, 0.717) is 0 Å². The molecule has 0 radical (unpaired) electrons. The number of rotatable bonds is 3. The molecule has 0 saturated carbocycles. The monoisotopic (exact) mass is 258 g/mol. The molecule has 100 valence electrons. The Morgan fingerprint density at radius 2 is 2.06 bits per heavy atom. The molecule has 2 N–H and O–H groups in total. The van der Waals surface area contributed by atoms with Gasteiger partial charge in [-0.1, -0.05) is 18.2 Å². The standard InChI is InChI=1S/C13H17F3N2/c1-9-6-10-4-2-3-5-12(10)18(9)8-11(7-17)13(14,15)16/h2-5,9,11H,6-8,17H2,1H3. The van der Waals surface area contributed by atoms with Gasteiger partial charge in [0, 0.05) is 24.8 Å². The highest BCUT2D eigenvalue weighted by molar-refractivity contribution is 5.59. The average molecular weight is 258 g/mol. The van der Waals surface area contributed by atoms with Crippen LogP contribution < -0.4 is 10.6 Å². The van der Waals surface area contributed by atoms with Gasteiger partial charge in [-0.2, -0.15) is 13.2 Å². The second kappa shape index (κ2) is 4.80. The number of alkyl halides is 3. The van der Waals surface area contributed by atoms with E-state index in [4.69, 9.17) is 5.73 Å². The molecular formula is C13H17F3N2. The molecule has 18 heavy (non-hydrogen) atoms. The van der Waals surface area contributed by atoms with E-state index in [-0.39, 0.29) is 19.1 Å². The summed E-state index contributed by atoms with van der Waals surface area (Å²) in [5, 5.41) is 0. The predicted octanol–water partition coefficient (Wildman–Crippen LogP) is 2.57. The van der Waals surface area contributed by atoms with Crippen molar-refractivity contribution in [1.82, 2.24) is 0 Å². The summed E-state index contributed by atoms with van der Waals surface area (Å²) >= 11 is 0. The van der Waals surface area contributed by atoms with Crippen molar-refractivity contribution in [2.45, 2.75) is 25.6 Å². The number of fused-ring (bicyclic) bond motifs is 1. The predicted molar refractivity (Wildman–Crippen MR) is 65.6 cm³/mol. The third-order valence-electron chi connectivity index (χ3n) is 3.51. The van der Waals surface area contributed by atoms with Gasteiger partial charge in [0.2, 0.25) is 0 Å². The molecule has 1 aromatic carbocycles. The van der Waals surface area contributed by atoms with Gasteiger partial charge in [0.05, 0.1) is 5.92 Å². The first-order chi connectivity index (χ1) is 8.43. The Kier molecular flexibility index (Phi) is 3.52. The molecule has 1 aliphatic heterocycles. The van der Waals surface area contributed by atoms with Crippen LogP contribution in [0.2, 0.25) is 0 Å². The SMILES string of the molecule is CC1Cc2ccccc2N1CC(CN)C(F)(F)F.